The van der Waals surface area contributed by atoms with Gasteiger partial charge in [0.1, 0.15) is 16.8 Å². The second-order valence-corrected chi connectivity index (χ2v) is 7.62. The van der Waals surface area contributed by atoms with Crippen LogP contribution in [0.25, 0.3) is 4.83 Å². The number of fused-ring (bicyclic) bond motifs is 1. The molecular weight excluding hydrogens is 268 g/mol. The molecule has 0 bridgehead atoms. The second-order valence-electron chi connectivity index (χ2n) is 6.55. The lowest BCUT2D eigenvalue weighted by Gasteiger charge is -2.36. The summed E-state index contributed by atoms with van der Waals surface area (Å²) in [6, 6.07) is 0. The van der Waals surface area contributed by atoms with E-state index >= 15 is 0 Å². The Morgan fingerprint density at radius 2 is 2.05 bits per heavy atom. The minimum Gasteiger partial charge on any atom is -0.384 e. The molecule has 1 aliphatic carbocycles. The van der Waals surface area contributed by atoms with Gasteiger partial charge in [-0.3, -0.25) is 4.40 Å². The van der Waals surface area contributed by atoms with Gasteiger partial charge in [0.2, 0.25) is 0 Å². The smallest absolute Gasteiger partial charge is 0.120 e. The van der Waals surface area contributed by atoms with Crippen molar-refractivity contribution in [3.05, 3.63) is 23.1 Å². The Labute approximate surface area is 124 Å². The first-order valence-electron chi connectivity index (χ1n) is 7.69. The van der Waals surface area contributed by atoms with Gasteiger partial charge in [-0.1, -0.05) is 33.1 Å². The predicted molar refractivity (Wildman–Crippen MR) is 83.3 cm³/mol. The zero-order valence-electron chi connectivity index (χ0n) is 12.6. The first kappa shape index (κ1) is 14.1. The SMILES string of the molecule is CC(C)c1sc2cncn2c1C(C)(O)C1CCCCC1. The van der Waals surface area contributed by atoms with E-state index < -0.39 is 5.60 Å². The Morgan fingerprint density at radius 1 is 1.35 bits per heavy atom. The summed E-state index contributed by atoms with van der Waals surface area (Å²) in [6.07, 6.45) is 9.83. The highest BCUT2D eigenvalue weighted by molar-refractivity contribution is 7.17. The van der Waals surface area contributed by atoms with Crippen LogP contribution in [0.2, 0.25) is 0 Å². The van der Waals surface area contributed by atoms with E-state index in [1.54, 1.807) is 11.3 Å². The van der Waals surface area contributed by atoms with Crippen LogP contribution < -0.4 is 0 Å². The van der Waals surface area contributed by atoms with E-state index in [1.165, 1.54) is 24.1 Å². The standard InChI is InChI=1S/C16H24N2OS/c1-11(2)14-15(18-10-17-9-13(18)20-14)16(3,19)12-7-5-4-6-8-12/h9-12,19H,4-8H2,1-3H3. The fourth-order valence-electron chi connectivity index (χ4n) is 3.55. The van der Waals surface area contributed by atoms with Gasteiger partial charge >= 0.3 is 0 Å². The molecule has 1 unspecified atom stereocenters. The minimum absolute atomic E-state index is 0.369. The third kappa shape index (κ3) is 2.19. The zero-order valence-corrected chi connectivity index (χ0v) is 13.4. The molecule has 2 aromatic heterocycles. The molecule has 1 N–H and O–H groups in total. The molecule has 0 aliphatic heterocycles. The number of aliphatic hydroxyl groups is 1. The van der Waals surface area contributed by atoms with E-state index in [-0.39, 0.29) is 0 Å². The molecular formula is C16H24N2OS. The van der Waals surface area contributed by atoms with Gasteiger partial charge in [-0.2, -0.15) is 0 Å². The summed E-state index contributed by atoms with van der Waals surface area (Å²) in [7, 11) is 0. The maximum Gasteiger partial charge on any atom is 0.120 e. The van der Waals surface area contributed by atoms with Crippen LogP contribution in [-0.4, -0.2) is 14.5 Å². The number of imidazole rings is 1. The average Bonchev–Trinajstić information content (AvgIpc) is 2.99. The molecule has 1 atom stereocenters. The summed E-state index contributed by atoms with van der Waals surface area (Å²) >= 11 is 1.77. The third-order valence-corrected chi connectivity index (χ3v) is 6.09. The fourth-order valence-corrected chi connectivity index (χ4v) is 4.76. The molecule has 1 fully saturated rings. The second kappa shape index (κ2) is 5.15. The number of hydrogen-bond acceptors (Lipinski definition) is 3. The van der Waals surface area contributed by atoms with E-state index in [0.29, 0.717) is 11.8 Å². The van der Waals surface area contributed by atoms with Gasteiger partial charge in [0.25, 0.3) is 0 Å². The first-order valence-corrected chi connectivity index (χ1v) is 8.51. The Bertz CT molecular complexity index is 591. The highest BCUT2D eigenvalue weighted by Crippen LogP contribution is 2.44. The van der Waals surface area contributed by atoms with Crippen LogP contribution in [0, 0.1) is 5.92 Å². The van der Waals surface area contributed by atoms with E-state index in [9.17, 15) is 5.11 Å². The summed E-state index contributed by atoms with van der Waals surface area (Å²) in [5.74, 6) is 0.805. The summed E-state index contributed by atoms with van der Waals surface area (Å²) in [5, 5.41) is 11.3. The molecule has 0 saturated heterocycles. The number of thiazole rings is 1. The van der Waals surface area contributed by atoms with Crippen molar-refractivity contribution in [3.8, 4) is 0 Å². The predicted octanol–water partition coefficient (Wildman–Crippen LogP) is 4.31. The average molecular weight is 292 g/mol. The van der Waals surface area contributed by atoms with Gasteiger partial charge in [0.05, 0.1) is 11.9 Å². The lowest BCUT2D eigenvalue weighted by Crippen LogP contribution is -2.35. The molecule has 4 heteroatoms. The fraction of sp³-hybridized carbons (Fsp3) is 0.688. The van der Waals surface area contributed by atoms with Crippen LogP contribution in [0.5, 0.6) is 0 Å². The molecule has 3 nitrogen and oxygen atoms in total. The quantitative estimate of drug-likeness (QED) is 0.915. The molecule has 0 radical (unpaired) electrons. The third-order valence-electron chi connectivity index (χ3n) is 4.70. The van der Waals surface area contributed by atoms with Crippen molar-refractivity contribution >= 4 is 16.2 Å². The van der Waals surface area contributed by atoms with Crippen molar-refractivity contribution in [3.63, 3.8) is 0 Å². The zero-order chi connectivity index (χ0) is 14.3. The molecule has 0 aromatic carbocycles. The molecule has 0 spiro atoms. The largest absolute Gasteiger partial charge is 0.384 e. The van der Waals surface area contributed by atoms with Crippen molar-refractivity contribution in [1.82, 2.24) is 9.38 Å². The molecule has 1 aliphatic rings. The summed E-state index contributed by atoms with van der Waals surface area (Å²) in [6.45, 7) is 6.43. The van der Waals surface area contributed by atoms with E-state index in [2.05, 4.69) is 23.2 Å². The van der Waals surface area contributed by atoms with Crippen molar-refractivity contribution in [1.29, 1.82) is 0 Å². The van der Waals surface area contributed by atoms with Crippen LogP contribution in [-0.2, 0) is 5.60 Å². The Kier molecular flexibility index (Phi) is 3.63. The van der Waals surface area contributed by atoms with E-state index in [1.807, 2.05) is 19.4 Å². The van der Waals surface area contributed by atoms with Crippen molar-refractivity contribution in [2.45, 2.75) is 64.4 Å². The lowest BCUT2D eigenvalue weighted by atomic mass is 9.75. The van der Waals surface area contributed by atoms with Gasteiger partial charge in [-0.25, -0.2) is 4.98 Å². The molecule has 1 saturated carbocycles. The Balaban J connectivity index is 2.10. The Hall–Kier alpha value is -0.870. The molecule has 2 aromatic rings. The first-order chi connectivity index (χ1) is 9.51. The molecule has 3 rings (SSSR count). The maximum atomic E-state index is 11.3. The van der Waals surface area contributed by atoms with Crippen molar-refractivity contribution < 1.29 is 5.11 Å². The van der Waals surface area contributed by atoms with Crippen LogP contribution in [0.15, 0.2) is 12.5 Å². The number of nitrogens with zero attached hydrogens (tertiary/aromatic N) is 2. The highest BCUT2D eigenvalue weighted by Gasteiger charge is 2.39. The topological polar surface area (TPSA) is 37.5 Å². The van der Waals surface area contributed by atoms with E-state index in [0.717, 1.165) is 23.4 Å². The normalized spacial score (nSPS) is 20.6. The molecule has 0 amide bonds. The van der Waals surface area contributed by atoms with Gasteiger partial charge in [0.15, 0.2) is 0 Å². The van der Waals surface area contributed by atoms with Crippen LogP contribution in [0.1, 0.15) is 69.4 Å². The molecule has 20 heavy (non-hydrogen) atoms. The lowest BCUT2D eigenvalue weighted by molar-refractivity contribution is -0.0265. The van der Waals surface area contributed by atoms with Crippen LogP contribution in [0.4, 0.5) is 0 Å². The van der Waals surface area contributed by atoms with Gasteiger partial charge in [-0.05, 0) is 31.6 Å². The summed E-state index contributed by atoms with van der Waals surface area (Å²) < 4.78 is 2.11. The number of aromatic nitrogens is 2. The van der Waals surface area contributed by atoms with Gasteiger partial charge < -0.3 is 5.11 Å². The summed E-state index contributed by atoms with van der Waals surface area (Å²) in [5.41, 5.74) is 0.329. The van der Waals surface area contributed by atoms with Crippen LogP contribution >= 0.6 is 11.3 Å². The van der Waals surface area contributed by atoms with Crippen LogP contribution in [0.3, 0.4) is 0 Å². The van der Waals surface area contributed by atoms with Crippen molar-refractivity contribution in [2.75, 3.05) is 0 Å². The minimum atomic E-state index is -0.751. The monoisotopic (exact) mass is 292 g/mol. The molecule has 2 heterocycles. The van der Waals surface area contributed by atoms with E-state index in [4.69, 9.17) is 0 Å². The maximum absolute atomic E-state index is 11.3. The van der Waals surface area contributed by atoms with Gasteiger partial charge in [0, 0.05) is 4.88 Å². The highest BCUT2D eigenvalue weighted by atomic mass is 32.1. The van der Waals surface area contributed by atoms with Gasteiger partial charge in [-0.15, -0.1) is 11.3 Å². The molecule has 110 valence electrons. The number of hydrogen-bond donors (Lipinski definition) is 1. The number of rotatable bonds is 3. The Morgan fingerprint density at radius 3 is 2.70 bits per heavy atom. The summed E-state index contributed by atoms with van der Waals surface area (Å²) in [4.78, 5) is 6.69. The van der Waals surface area contributed by atoms with Crippen molar-refractivity contribution in [2.24, 2.45) is 5.92 Å².